The maximum Gasteiger partial charge on any atom is 0.243 e. The molecular weight excluding hydrogens is 326 g/mol. The van der Waals surface area contributed by atoms with E-state index >= 15 is 0 Å². The second-order valence-electron chi connectivity index (χ2n) is 7.62. The molecule has 1 saturated carbocycles. The fourth-order valence-corrected chi connectivity index (χ4v) is 4.42. The summed E-state index contributed by atoms with van der Waals surface area (Å²) in [6.07, 6.45) is 7.18. The van der Waals surface area contributed by atoms with Crippen molar-refractivity contribution >= 4 is 22.7 Å². The Morgan fingerprint density at radius 2 is 1.88 bits per heavy atom. The second-order valence-corrected chi connectivity index (χ2v) is 7.62. The van der Waals surface area contributed by atoms with E-state index in [9.17, 15) is 9.59 Å². The van der Waals surface area contributed by atoms with Crippen molar-refractivity contribution in [3.05, 3.63) is 36.0 Å². The zero-order valence-electron chi connectivity index (χ0n) is 15.2. The van der Waals surface area contributed by atoms with Crippen LogP contribution in [0.1, 0.15) is 50.6 Å². The Hall–Kier alpha value is -2.30. The Kier molecular flexibility index (Phi) is 4.96. The quantitative estimate of drug-likeness (QED) is 0.885. The lowest BCUT2D eigenvalue weighted by Crippen LogP contribution is -2.48. The molecule has 1 atom stereocenters. The van der Waals surface area contributed by atoms with E-state index in [2.05, 4.69) is 22.4 Å². The molecule has 2 fully saturated rings. The fraction of sp³-hybridized carbons (Fsp3) is 0.524. The number of amides is 2. The van der Waals surface area contributed by atoms with Crippen LogP contribution in [-0.2, 0) is 16.1 Å². The Labute approximate surface area is 154 Å². The number of aromatic amines is 1. The predicted molar refractivity (Wildman–Crippen MR) is 101 cm³/mol. The number of carbonyl (C=O) groups excluding carboxylic acids is 2. The van der Waals surface area contributed by atoms with Gasteiger partial charge in [0.15, 0.2) is 0 Å². The van der Waals surface area contributed by atoms with Crippen molar-refractivity contribution in [1.29, 1.82) is 0 Å². The first kappa shape index (κ1) is 17.1. The van der Waals surface area contributed by atoms with Gasteiger partial charge in [0.1, 0.15) is 6.04 Å². The summed E-state index contributed by atoms with van der Waals surface area (Å²) < 4.78 is 0. The molecule has 5 heteroatoms. The van der Waals surface area contributed by atoms with Crippen molar-refractivity contribution in [2.75, 3.05) is 6.54 Å². The largest absolute Gasteiger partial charge is 0.357 e. The van der Waals surface area contributed by atoms with Gasteiger partial charge in [0.05, 0.1) is 6.54 Å². The molecule has 138 valence electrons. The molecule has 0 spiro atoms. The van der Waals surface area contributed by atoms with Crippen LogP contribution >= 0.6 is 0 Å². The maximum absolute atomic E-state index is 12.8. The lowest BCUT2D eigenvalue weighted by molar-refractivity contribution is -0.142. The molecule has 2 heterocycles. The molecule has 2 aromatic rings. The van der Waals surface area contributed by atoms with Crippen LogP contribution in [-0.4, -0.2) is 34.3 Å². The lowest BCUT2D eigenvalue weighted by Gasteiger charge is -2.30. The number of rotatable bonds is 4. The number of para-hydroxylation sites is 1. The summed E-state index contributed by atoms with van der Waals surface area (Å²) in [7, 11) is 0. The third-order valence-electron chi connectivity index (χ3n) is 5.83. The minimum atomic E-state index is -0.297. The third-order valence-corrected chi connectivity index (χ3v) is 5.83. The fourth-order valence-electron chi connectivity index (χ4n) is 4.42. The van der Waals surface area contributed by atoms with Crippen LogP contribution in [0.25, 0.3) is 10.9 Å². The molecule has 4 rings (SSSR count). The molecule has 1 aromatic heterocycles. The van der Waals surface area contributed by atoms with E-state index in [1.165, 1.54) is 6.42 Å². The van der Waals surface area contributed by atoms with Gasteiger partial charge in [0, 0.05) is 23.7 Å². The number of nitrogens with one attached hydrogen (secondary N) is 2. The molecular formula is C21H27N3O2. The standard InChI is InChI=1S/C21H27N3O2/c25-20(22-14-17-13-16-9-4-5-10-18(16)23-17)19-11-6-12-24(19)21(26)15-7-2-1-3-8-15/h4-5,9-10,13,15,19,23H,1-3,6-8,11-12,14H2,(H,22,25). The zero-order chi connectivity index (χ0) is 17.9. The smallest absolute Gasteiger partial charge is 0.243 e. The first-order valence-electron chi connectivity index (χ1n) is 9.87. The number of carbonyl (C=O) groups is 2. The van der Waals surface area contributed by atoms with E-state index in [-0.39, 0.29) is 23.8 Å². The number of fused-ring (bicyclic) bond motifs is 1. The number of nitrogens with zero attached hydrogens (tertiary/aromatic N) is 1. The van der Waals surface area contributed by atoms with Gasteiger partial charge in [-0.15, -0.1) is 0 Å². The van der Waals surface area contributed by atoms with E-state index < -0.39 is 0 Å². The molecule has 1 unspecified atom stereocenters. The van der Waals surface area contributed by atoms with Crippen molar-refractivity contribution < 1.29 is 9.59 Å². The summed E-state index contributed by atoms with van der Waals surface area (Å²) in [6.45, 7) is 1.19. The predicted octanol–water partition coefficient (Wildman–Crippen LogP) is 3.36. The Balaban J connectivity index is 1.37. The van der Waals surface area contributed by atoms with Gasteiger partial charge in [-0.3, -0.25) is 9.59 Å². The van der Waals surface area contributed by atoms with Gasteiger partial charge >= 0.3 is 0 Å². The summed E-state index contributed by atoms with van der Waals surface area (Å²) in [5, 5.41) is 4.17. The molecule has 2 N–H and O–H groups in total. The highest BCUT2D eigenvalue weighted by molar-refractivity contribution is 5.89. The second kappa shape index (κ2) is 7.52. The van der Waals surface area contributed by atoms with E-state index in [1.54, 1.807) is 0 Å². The number of H-pyrrole nitrogens is 1. The van der Waals surface area contributed by atoms with Crippen molar-refractivity contribution in [3.8, 4) is 0 Å². The van der Waals surface area contributed by atoms with E-state index in [4.69, 9.17) is 0 Å². The monoisotopic (exact) mass is 353 g/mol. The van der Waals surface area contributed by atoms with Crippen LogP contribution < -0.4 is 5.32 Å². The molecule has 2 aliphatic rings. The normalized spacial score (nSPS) is 21.2. The average Bonchev–Trinajstić information content (AvgIpc) is 3.33. The SMILES string of the molecule is O=C(NCc1cc2ccccc2[nH]1)C1CCCN1C(=O)C1CCCCC1. The van der Waals surface area contributed by atoms with Crippen molar-refractivity contribution in [3.63, 3.8) is 0 Å². The van der Waals surface area contributed by atoms with E-state index in [0.717, 1.165) is 61.7 Å². The van der Waals surface area contributed by atoms with Crippen molar-refractivity contribution in [2.45, 2.75) is 57.5 Å². The van der Waals surface area contributed by atoms with Gasteiger partial charge in [-0.25, -0.2) is 0 Å². The molecule has 2 amide bonds. The number of benzene rings is 1. The summed E-state index contributed by atoms with van der Waals surface area (Å²) in [4.78, 5) is 30.7. The summed E-state index contributed by atoms with van der Waals surface area (Å²) >= 11 is 0. The molecule has 1 aliphatic heterocycles. The van der Waals surface area contributed by atoms with Gasteiger partial charge < -0.3 is 15.2 Å². The van der Waals surface area contributed by atoms with Crippen LogP contribution in [0.2, 0.25) is 0 Å². The topological polar surface area (TPSA) is 65.2 Å². The number of hydrogen-bond acceptors (Lipinski definition) is 2. The minimum Gasteiger partial charge on any atom is -0.357 e. The summed E-state index contributed by atoms with van der Waals surface area (Å²) in [5.74, 6) is 0.309. The van der Waals surface area contributed by atoms with Crippen molar-refractivity contribution in [1.82, 2.24) is 15.2 Å². The van der Waals surface area contributed by atoms with Gasteiger partial charge in [0.25, 0.3) is 0 Å². The number of likely N-dealkylation sites (tertiary alicyclic amines) is 1. The summed E-state index contributed by atoms with van der Waals surface area (Å²) in [5.41, 5.74) is 2.06. The van der Waals surface area contributed by atoms with Crippen LogP contribution in [0.4, 0.5) is 0 Å². The molecule has 1 aliphatic carbocycles. The lowest BCUT2D eigenvalue weighted by atomic mass is 9.88. The zero-order valence-corrected chi connectivity index (χ0v) is 15.2. The number of hydrogen-bond donors (Lipinski definition) is 2. The van der Waals surface area contributed by atoms with E-state index in [0.29, 0.717) is 6.54 Å². The van der Waals surface area contributed by atoms with Crippen LogP contribution in [0.15, 0.2) is 30.3 Å². The van der Waals surface area contributed by atoms with Crippen LogP contribution in [0, 0.1) is 5.92 Å². The molecule has 1 aromatic carbocycles. The molecule has 26 heavy (non-hydrogen) atoms. The first-order chi connectivity index (χ1) is 12.7. The Morgan fingerprint density at radius 1 is 1.08 bits per heavy atom. The highest BCUT2D eigenvalue weighted by Crippen LogP contribution is 2.29. The van der Waals surface area contributed by atoms with Gasteiger partial charge in [-0.05, 0) is 43.2 Å². The van der Waals surface area contributed by atoms with Crippen LogP contribution in [0.3, 0.4) is 0 Å². The number of aromatic nitrogens is 1. The molecule has 1 saturated heterocycles. The van der Waals surface area contributed by atoms with Gasteiger partial charge in [-0.2, -0.15) is 0 Å². The van der Waals surface area contributed by atoms with Crippen LogP contribution in [0.5, 0.6) is 0 Å². The minimum absolute atomic E-state index is 0.0229. The maximum atomic E-state index is 12.8. The van der Waals surface area contributed by atoms with Gasteiger partial charge in [-0.1, -0.05) is 37.5 Å². The highest BCUT2D eigenvalue weighted by atomic mass is 16.2. The Morgan fingerprint density at radius 3 is 2.69 bits per heavy atom. The van der Waals surface area contributed by atoms with Gasteiger partial charge in [0.2, 0.25) is 11.8 Å². The van der Waals surface area contributed by atoms with E-state index in [1.807, 2.05) is 23.1 Å². The average molecular weight is 353 g/mol. The van der Waals surface area contributed by atoms with Crippen molar-refractivity contribution in [2.24, 2.45) is 5.92 Å². The Bertz CT molecular complexity index is 758. The highest BCUT2D eigenvalue weighted by Gasteiger charge is 2.37. The molecule has 5 nitrogen and oxygen atoms in total. The molecule has 0 radical (unpaired) electrons. The third kappa shape index (κ3) is 3.48. The first-order valence-corrected chi connectivity index (χ1v) is 9.87. The molecule has 0 bridgehead atoms. The summed E-state index contributed by atoms with van der Waals surface area (Å²) in [6, 6.07) is 9.85.